The average molecular weight is 339 g/mol. The molecule has 1 aromatic rings. The van der Waals surface area contributed by atoms with E-state index in [0.717, 1.165) is 28.6 Å². The molecule has 0 heterocycles. The van der Waals surface area contributed by atoms with E-state index in [0.29, 0.717) is 19.0 Å². The number of nitrogens with zero attached hydrogens (tertiary/aromatic N) is 1. The Labute approximate surface area is 127 Å². The van der Waals surface area contributed by atoms with Gasteiger partial charge >= 0.3 is 0 Å². The molecule has 0 radical (unpaired) electrons. The number of rotatable bonds is 5. The summed E-state index contributed by atoms with van der Waals surface area (Å²) < 4.78 is 0.971. The molecule has 0 bridgehead atoms. The Morgan fingerprint density at radius 1 is 1.40 bits per heavy atom. The van der Waals surface area contributed by atoms with Gasteiger partial charge < -0.3 is 10.2 Å². The van der Waals surface area contributed by atoms with E-state index in [4.69, 9.17) is 0 Å². The molecule has 5 heteroatoms. The van der Waals surface area contributed by atoms with Crippen molar-refractivity contribution in [1.82, 2.24) is 4.90 Å². The Morgan fingerprint density at radius 3 is 2.65 bits per heavy atom. The summed E-state index contributed by atoms with van der Waals surface area (Å²) >= 11 is 3.44. The van der Waals surface area contributed by atoms with Crippen molar-refractivity contribution in [2.45, 2.75) is 39.2 Å². The lowest BCUT2D eigenvalue weighted by molar-refractivity contribution is -0.129. The van der Waals surface area contributed by atoms with Crippen molar-refractivity contribution in [2.24, 2.45) is 0 Å². The molecule has 0 atom stereocenters. The van der Waals surface area contributed by atoms with Gasteiger partial charge in [-0.1, -0.05) is 22.0 Å². The minimum absolute atomic E-state index is 0.0541. The van der Waals surface area contributed by atoms with Crippen LogP contribution in [0.2, 0.25) is 0 Å². The van der Waals surface area contributed by atoms with E-state index >= 15 is 0 Å². The maximum Gasteiger partial charge on any atom is 0.226 e. The van der Waals surface area contributed by atoms with Gasteiger partial charge in [0.2, 0.25) is 11.8 Å². The fraction of sp³-hybridized carbons (Fsp3) is 0.467. The fourth-order valence-electron chi connectivity index (χ4n) is 2.10. The molecule has 0 saturated heterocycles. The molecule has 1 aliphatic carbocycles. The summed E-state index contributed by atoms with van der Waals surface area (Å²) in [6.45, 7) is 4.06. The van der Waals surface area contributed by atoms with Gasteiger partial charge in [0.25, 0.3) is 0 Å². The second-order valence-corrected chi connectivity index (χ2v) is 6.06. The summed E-state index contributed by atoms with van der Waals surface area (Å²) in [6.07, 6.45) is 2.46. The van der Waals surface area contributed by atoms with Crippen molar-refractivity contribution >= 4 is 33.4 Å². The number of aryl methyl sites for hydroxylation is 1. The molecule has 0 aromatic heterocycles. The van der Waals surface area contributed by atoms with Gasteiger partial charge in [-0.25, -0.2) is 0 Å². The van der Waals surface area contributed by atoms with E-state index in [2.05, 4.69) is 21.2 Å². The van der Waals surface area contributed by atoms with E-state index in [1.54, 1.807) is 11.8 Å². The van der Waals surface area contributed by atoms with E-state index in [-0.39, 0.29) is 11.8 Å². The van der Waals surface area contributed by atoms with Crippen molar-refractivity contribution in [2.75, 3.05) is 11.9 Å². The molecule has 4 nitrogen and oxygen atoms in total. The zero-order valence-electron chi connectivity index (χ0n) is 11.8. The van der Waals surface area contributed by atoms with E-state index in [1.165, 1.54) is 0 Å². The highest BCUT2D eigenvalue weighted by Crippen LogP contribution is 2.27. The molecule has 1 fully saturated rings. The maximum absolute atomic E-state index is 11.9. The highest BCUT2D eigenvalue weighted by atomic mass is 79.9. The van der Waals surface area contributed by atoms with Gasteiger partial charge in [-0.05, 0) is 37.5 Å². The summed E-state index contributed by atoms with van der Waals surface area (Å²) in [5.74, 6) is -0.00830. The first-order valence-corrected chi connectivity index (χ1v) is 7.60. The zero-order valence-corrected chi connectivity index (χ0v) is 13.4. The van der Waals surface area contributed by atoms with Crippen LogP contribution in [-0.4, -0.2) is 29.3 Å². The molecule has 1 saturated carbocycles. The van der Waals surface area contributed by atoms with Crippen LogP contribution >= 0.6 is 15.9 Å². The SMILES string of the molecule is CC(=O)N(CCC(=O)Nc1ccc(C)c(Br)c1)C1CC1. The summed E-state index contributed by atoms with van der Waals surface area (Å²) in [5, 5.41) is 2.86. The van der Waals surface area contributed by atoms with E-state index in [1.807, 2.05) is 25.1 Å². The van der Waals surface area contributed by atoms with Crippen LogP contribution < -0.4 is 5.32 Å². The molecule has 0 spiro atoms. The predicted octanol–water partition coefficient (Wildman–Crippen LogP) is 3.10. The van der Waals surface area contributed by atoms with Crippen molar-refractivity contribution in [3.8, 4) is 0 Å². The van der Waals surface area contributed by atoms with Crippen LogP contribution in [-0.2, 0) is 9.59 Å². The van der Waals surface area contributed by atoms with Crippen molar-refractivity contribution in [1.29, 1.82) is 0 Å². The van der Waals surface area contributed by atoms with Gasteiger partial charge in [0.05, 0.1) is 0 Å². The van der Waals surface area contributed by atoms with Gasteiger partial charge in [0.15, 0.2) is 0 Å². The number of amides is 2. The number of hydrogen-bond acceptors (Lipinski definition) is 2. The monoisotopic (exact) mass is 338 g/mol. The third kappa shape index (κ3) is 4.07. The Bertz CT molecular complexity index is 527. The van der Waals surface area contributed by atoms with Gasteiger partial charge in [0.1, 0.15) is 0 Å². The number of carbonyl (C=O) groups excluding carboxylic acids is 2. The van der Waals surface area contributed by atoms with Gasteiger partial charge in [0, 0.05) is 36.1 Å². The third-order valence-corrected chi connectivity index (χ3v) is 4.28. The maximum atomic E-state index is 11.9. The number of anilines is 1. The van der Waals surface area contributed by atoms with Crippen molar-refractivity contribution < 1.29 is 9.59 Å². The lowest BCUT2D eigenvalue weighted by atomic mass is 10.2. The molecule has 2 rings (SSSR count). The number of hydrogen-bond donors (Lipinski definition) is 1. The minimum Gasteiger partial charge on any atom is -0.339 e. The largest absolute Gasteiger partial charge is 0.339 e. The lowest BCUT2D eigenvalue weighted by Gasteiger charge is -2.20. The van der Waals surface area contributed by atoms with Crippen molar-refractivity contribution in [3.63, 3.8) is 0 Å². The summed E-state index contributed by atoms with van der Waals surface area (Å²) in [7, 11) is 0. The summed E-state index contributed by atoms with van der Waals surface area (Å²) in [4.78, 5) is 25.2. The molecular formula is C15H19BrN2O2. The predicted molar refractivity (Wildman–Crippen MR) is 82.5 cm³/mol. The number of benzene rings is 1. The molecule has 2 amide bonds. The van der Waals surface area contributed by atoms with Crippen LogP contribution in [0.1, 0.15) is 31.7 Å². The smallest absolute Gasteiger partial charge is 0.226 e. The molecule has 0 aliphatic heterocycles. The molecule has 1 aromatic carbocycles. The molecule has 108 valence electrons. The second-order valence-electron chi connectivity index (χ2n) is 5.21. The first-order valence-electron chi connectivity index (χ1n) is 6.80. The molecule has 1 aliphatic rings. The molecule has 0 unspecified atom stereocenters. The van der Waals surface area contributed by atoms with Crippen molar-refractivity contribution in [3.05, 3.63) is 28.2 Å². The Balaban J connectivity index is 1.85. The summed E-state index contributed by atoms with van der Waals surface area (Å²) in [6, 6.07) is 6.07. The number of nitrogens with one attached hydrogen (secondary N) is 1. The standard InChI is InChI=1S/C15H19BrN2O2/c1-10-3-4-12(9-14(10)16)17-15(20)7-8-18(11(2)19)13-5-6-13/h3-4,9,13H,5-8H2,1-2H3,(H,17,20). The first kappa shape index (κ1) is 15.0. The van der Waals surface area contributed by atoms with Crippen LogP contribution in [0, 0.1) is 6.92 Å². The Morgan fingerprint density at radius 2 is 2.10 bits per heavy atom. The fourth-order valence-corrected chi connectivity index (χ4v) is 2.48. The zero-order chi connectivity index (χ0) is 14.7. The van der Waals surface area contributed by atoms with Crippen LogP contribution in [0.3, 0.4) is 0 Å². The van der Waals surface area contributed by atoms with Crippen LogP contribution in [0.25, 0.3) is 0 Å². The van der Waals surface area contributed by atoms with Crippen LogP contribution in [0.4, 0.5) is 5.69 Å². The lowest BCUT2D eigenvalue weighted by Crippen LogP contribution is -2.33. The first-order chi connectivity index (χ1) is 9.47. The highest BCUT2D eigenvalue weighted by molar-refractivity contribution is 9.10. The van der Waals surface area contributed by atoms with Gasteiger partial charge in [-0.15, -0.1) is 0 Å². The minimum atomic E-state index is -0.0624. The van der Waals surface area contributed by atoms with Crippen LogP contribution in [0.15, 0.2) is 22.7 Å². The normalized spacial score (nSPS) is 13.9. The van der Waals surface area contributed by atoms with Crippen LogP contribution in [0.5, 0.6) is 0 Å². The van der Waals surface area contributed by atoms with E-state index in [9.17, 15) is 9.59 Å². The Hall–Kier alpha value is -1.36. The Kier molecular flexibility index (Phi) is 4.81. The quantitative estimate of drug-likeness (QED) is 0.896. The van der Waals surface area contributed by atoms with E-state index < -0.39 is 0 Å². The molecule has 20 heavy (non-hydrogen) atoms. The second kappa shape index (κ2) is 6.39. The van der Waals surface area contributed by atoms with Gasteiger partial charge in [-0.3, -0.25) is 9.59 Å². The third-order valence-electron chi connectivity index (χ3n) is 3.43. The topological polar surface area (TPSA) is 49.4 Å². The number of carbonyl (C=O) groups is 2. The molecule has 1 N–H and O–H groups in total. The number of halogens is 1. The average Bonchev–Trinajstić information content (AvgIpc) is 3.18. The summed E-state index contributed by atoms with van der Waals surface area (Å²) in [5.41, 5.74) is 1.90. The highest BCUT2D eigenvalue weighted by Gasteiger charge is 2.30. The van der Waals surface area contributed by atoms with Gasteiger partial charge in [-0.2, -0.15) is 0 Å². The molecular weight excluding hydrogens is 320 g/mol.